The topological polar surface area (TPSA) is 44.8 Å². The average molecular weight is 189 g/mol. The summed E-state index contributed by atoms with van der Waals surface area (Å²) in [7, 11) is 0. The smallest absolute Gasteiger partial charge is 0.417 e. The molecule has 1 radical (unpaired) electrons. The summed E-state index contributed by atoms with van der Waals surface area (Å²) in [5.41, 5.74) is 0. The van der Waals surface area contributed by atoms with E-state index < -0.39 is 0 Å². The monoisotopic (exact) mass is 189 g/mol. The molecule has 0 N–H and O–H groups in total. The average Bonchev–Trinajstić information content (AvgIpc) is 2.16. The molecule has 0 spiro atoms. The van der Waals surface area contributed by atoms with Crippen molar-refractivity contribution in [1.29, 1.82) is 0 Å². The minimum atomic E-state index is 0.384. The third-order valence-electron chi connectivity index (χ3n) is 1.38. The summed E-state index contributed by atoms with van der Waals surface area (Å²) in [6.07, 6.45) is 1.64. The van der Waals surface area contributed by atoms with Crippen LogP contribution in [0, 0.1) is 0 Å². The number of hydrogen-bond donors (Lipinski definition) is 0. The van der Waals surface area contributed by atoms with Crippen molar-refractivity contribution in [2.45, 2.75) is 19.8 Å². The van der Waals surface area contributed by atoms with Gasteiger partial charge < -0.3 is 14.2 Å². The van der Waals surface area contributed by atoms with Crippen molar-refractivity contribution in [3.8, 4) is 0 Å². The normalized spacial score (nSPS) is 9.92. The molecule has 0 amide bonds. The molecule has 0 aromatic rings. The van der Waals surface area contributed by atoms with E-state index in [1.165, 1.54) is 6.47 Å². The summed E-state index contributed by atoms with van der Waals surface area (Å²) in [6, 6.07) is 0. The van der Waals surface area contributed by atoms with Gasteiger partial charge >= 0.3 is 6.47 Å². The van der Waals surface area contributed by atoms with Gasteiger partial charge in [0.1, 0.15) is 0 Å². The first-order valence-corrected chi connectivity index (χ1v) is 4.56. The lowest BCUT2D eigenvalue weighted by Crippen LogP contribution is -2.04. The highest BCUT2D eigenvalue weighted by Gasteiger charge is 1.90. The molecule has 0 fully saturated rings. The molecule has 0 bridgehead atoms. The van der Waals surface area contributed by atoms with Crippen LogP contribution in [0.4, 0.5) is 0 Å². The van der Waals surface area contributed by atoms with Crippen molar-refractivity contribution in [3.63, 3.8) is 0 Å². The molecule has 0 aliphatic rings. The molecule has 0 heterocycles. The SMILES string of the molecule is CCOCCCOCCCO[C]=O. The van der Waals surface area contributed by atoms with Crippen LogP contribution in [0.3, 0.4) is 0 Å². The quantitative estimate of drug-likeness (QED) is 0.479. The molecular formula is C9H17O4. The van der Waals surface area contributed by atoms with E-state index in [4.69, 9.17) is 9.47 Å². The Morgan fingerprint density at radius 1 is 1.00 bits per heavy atom. The summed E-state index contributed by atoms with van der Waals surface area (Å²) < 4.78 is 14.7. The van der Waals surface area contributed by atoms with Gasteiger partial charge in [0.2, 0.25) is 0 Å². The van der Waals surface area contributed by atoms with Gasteiger partial charge in [-0.2, -0.15) is 0 Å². The van der Waals surface area contributed by atoms with E-state index in [1.54, 1.807) is 0 Å². The van der Waals surface area contributed by atoms with Gasteiger partial charge in [-0.3, -0.25) is 0 Å². The first-order valence-electron chi connectivity index (χ1n) is 4.56. The zero-order valence-electron chi connectivity index (χ0n) is 8.08. The van der Waals surface area contributed by atoms with Crippen LogP contribution in [0.2, 0.25) is 0 Å². The van der Waals surface area contributed by atoms with Crippen molar-refractivity contribution >= 4 is 6.47 Å². The van der Waals surface area contributed by atoms with Gasteiger partial charge in [-0.1, -0.05) is 0 Å². The Kier molecular flexibility index (Phi) is 10.9. The number of hydrogen-bond acceptors (Lipinski definition) is 4. The van der Waals surface area contributed by atoms with Crippen molar-refractivity contribution in [1.82, 2.24) is 0 Å². The van der Waals surface area contributed by atoms with E-state index in [2.05, 4.69) is 4.74 Å². The molecule has 77 valence electrons. The van der Waals surface area contributed by atoms with Crippen LogP contribution >= 0.6 is 0 Å². The molecule has 0 aromatic heterocycles. The summed E-state index contributed by atoms with van der Waals surface area (Å²) in [5.74, 6) is 0. The molecule has 0 saturated carbocycles. The van der Waals surface area contributed by atoms with E-state index in [9.17, 15) is 4.79 Å². The molecular weight excluding hydrogens is 172 g/mol. The number of rotatable bonds is 10. The molecule has 4 nitrogen and oxygen atoms in total. The fourth-order valence-corrected chi connectivity index (χ4v) is 0.784. The van der Waals surface area contributed by atoms with Gasteiger partial charge in [-0.15, -0.1) is 0 Å². The van der Waals surface area contributed by atoms with Crippen LogP contribution in [0.25, 0.3) is 0 Å². The lowest BCUT2D eigenvalue weighted by Gasteiger charge is -2.03. The van der Waals surface area contributed by atoms with Gasteiger partial charge in [0, 0.05) is 32.8 Å². The Labute approximate surface area is 79.2 Å². The van der Waals surface area contributed by atoms with Crippen LogP contribution in [-0.4, -0.2) is 39.5 Å². The van der Waals surface area contributed by atoms with Crippen molar-refractivity contribution in [3.05, 3.63) is 0 Å². The molecule has 4 heteroatoms. The second-order valence-electron chi connectivity index (χ2n) is 2.45. The van der Waals surface area contributed by atoms with Crippen molar-refractivity contribution < 1.29 is 19.0 Å². The highest BCUT2D eigenvalue weighted by molar-refractivity contribution is 5.37. The van der Waals surface area contributed by atoms with Gasteiger partial charge in [0.05, 0.1) is 6.61 Å². The zero-order valence-corrected chi connectivity index (χ0v) is 8.08. The largest absolute Gasteiger partial charge is 0.457 e. The summed E-state index contributed by atoms with van der Waals surface area (Å²) >= 11 is 0. The Bertz CT molecular complexity index is 106. The van der Waals surface area contributed by atoms with Crippen molar-refractivity contribution in [2.24, 2.45) is 0 Å². The highest BCUT2D eigenvalue weighted by atomic mass is 16.5. The summed E-state index contributed by atoms with van der Waals surface area (Å²) in [6.45, 7) is 6.53. The molecule has 0 aromatic carbocycles. The third-order valence-corrected chi connectivity index (χ3v) is 1.38. The molecule has 0 aliphatic carbocycles. The maximum atomic E-state index is 9.61. The lowest BCUT2D eigenvalue weighted by atomic mass is 10.4. The van der Waals surface area contributed by atoms with Gasteiger partial charge in [-0.05, 0) is 13.3 Å². The van der Waals surface area contributed by atoms with E-state index in [0.29, 0.717) is 19.8 Å². The van der Waals surface area contributed by atoms with E-state index in [1.807, 2.05) is 6.92 Å². The predicted octanol–water partition coefficient (Wildman–Crippen LogP) is 0.903. The molecule has 0 unspecified atom stereocenters. The van der Waals surface area contributed by atoms with Crippen LogP contribution < -0.4 is 0 Å². The predicted molar refractivity (Wildman–Crippen MR) is 48.2 cm³/mol. The van der Waals surface area contributed by atoms with Gasteiger partial charge in [0.25, 0.3) is 0 Å². The Morgan fingerprint density at radius 2 is 1.62 bits per heavy atom. The van der Waals surface area contributed by atoms with Crippen LogP contribution in [0.1, 0.15) is 19.8 Å². The fourth-order valence-electron chi connectivity index (χ4n) is 0.784. The van der Waals surface area contributed by atoms with Crippen LogP contribution in [-0.2, 0) is 19.0 Å². The fraction of sp³-hybridized carbons (Fsp3) is 0.889. The highest BCUT2D eigenvalue weighted by Crippen LogP contribution is 1.87. The Morgan fingerprint density at radius 3 is 2.23 bits per heavy atom. The Hall–Kier alpha value is -0.610. The summed E-state index contributed by atoms with van der Waals surface area (Å²) in [4.78, 5) is 9.61. The van der Waals surface area contributed by atoms with E-state index in [-0.39, 0.29) is 0 Å². The second kappa shape index (κ2) is 11.4. The van der Waals surface area contributed by atoms with Crippen LogP contribution in [0.15, 0.2) is 0 Å². The maximum absolute atomic E-state index is 9.61. The first kappa shape index (κ1) is 12.4. The van der Waals surface area contributed by atoms with E-state index >= 15 is 0 Å². The van der Waals surface area contributed by atoms with E-state index in [0.717, 1.165) is 26.1 Å². The maximum Gasteiger partial charge on any atom is 0.417 e. The van der Waals surface area contributed by atoms with Gasteiger partial charge in [0.15, 0.2) is 0 Å². The standard InChI is InChI=1S/C9H17O4/c1-2-11-5-3-6-12-7-4-8-13-9-10/h2-8H2,1H3. The molecule has 0 aliphatic heterocycles. The van der Waals surface area contributed by atoms with Crippen molar-refractivity contribution in [2.75, 3.05) is 33.0 Å². The van der Waals surface area contributed by atoms with Gasteiger partial charge in [-0.25, -0.2) is 4.79 Å². The Balaban J connectivity index is 2.79. The molecule has 0 rings (SSSR count). The lowest BCUT2D eigenvalue weighted by molar-refractivity contribution is 0.0810. The minimum absolute atomic E-state index is 0.384. The molecule has 0 saturated heterocycles. The third kappa shape index (κ3) is 11.4. The number of ether oxygens (including phenoxy) is 3. The number of carbonyl (C=O) groups excluding carboxylic acids is 1. The first-order chi connectivity index (χ1) is 6.41. The molecule has 13 heavy (non-hydrogen) atoms. The summed E-state index contributed by atoms with van der Waals surface area (Å²) in [5, 5.41) is 0. The molecule has 0 atom stereocenters. The zero-order chi connectivity index (χ0) is 9.78. The van der Waals surface area contributed by atoms with Crippen LogP contribution in [0.5, 0.6) is 0 Å². The minimum Gasteiger partial charge on any atom is -0.457 e. The second-order valence-corrected chi connectivity index (χ2v) is 2.45.